The van der Waals surface area contributed by atoms with Gasteiger partial charge in [-0.25, -0.2) is 4.98 Å². The number of nitrogens with one attached hydrogen (secondary N) is 1. The van der Waals surface area contributed by atoms with E-state index in [9.17, 15) is 14.9 Å². The fourth-order valence-corrected chi connectivity index (χ4v) is 2.93. The Bertz CT molecular complexity index is 812. The molecule has 0 bridgehead atoms. The zero-order chi connectivity index (χ0) is 17.3. The maximum Gasteiger partial charge on any atom is 0.311 e. The number of halogens is 1. The van der Waals surface area contributed by atoms with Gasteiger partial charge < -0.3 is 10.2 Å². The van der Waals surface area contributed by atoms with Crippen molar-refractivity contribution in [3.63, 3.8) is 0 Å². The fraction of sp³-hybridized carbons (Fsp3) is 0.250. The summed E-state index contributed by atoms with van der Waals surface area (Å²) in [4.78, 5) is 28.9. The lowest BCUT2D eigenvalue weighted by Crippen LogP contribution is -2.33. The third-order valence-electron chi connectivity index (χ3n) is 3.95. The number of rotatable bonds is 4. The Morgan fingerprint density at radius 1 is 1.42 bits per heavy atom. The smallest absolute Gasteiger partial charge is 0.311 e. The number of hydrogen-bond acceptors (Lipinski definition) is 5. The van der Waals surface area contributed by atoms with Gasteiger partial charge in [-0.1, -0.05) is 15.9 Å². The van der Waals surface area contributed by atoms with E-state index in [0.29, 0.717) is 13.0 Å². The number of amides is 1. The number of aryl methyl sites for hydroxylation is 1. The summed E-state index contributed by atoms with van der Waals surface area (Å²) >= 11 is 3.44. The van der Waals surface area contributed by atoms with Gasteiger partial charge in [0.15, 0.2) is 0 Å². The molecule has 0 spiro atoms. The molecule has 1 aliphatic rings. The quantitative estimate of drug-likeness (QED) is 0.638. The normalized spacial score (nSPS) is 17.2. The van der Waals surface area contributed by atoms with Gasteiger partial charge in [0.25, 0.3) is 0 Å². The molecule has 1 atom stereocenters. The lowest BCUT2D eigenvalue weighted by molar-refractivity contribution is -0.384. The minimum atomic E-state index is -0.525. The topological polar surface area (TPSA) is 88.4 Å². The van der Waals surface area contributed by atoms with E-state index in [1.807, 2.05) is 25.1 Å². The number of nitro groups is 1. The Balaban J connectivity index is 1.80. The average Bonchev–Trinajstić information content (AvgIpc) is 2.91. The SMILES string of the molecule is Cc1cc(N2CCC(Nc3ncccc3[N+](=O)[O-])C2=O)ccc1Br. The molecule has 7 nitrogen and oxygen atoms in total. The van der Waals surface area contributed by atoms with Gasteiger partial charge in [0.1, 0.15) is 6.04 Å². The highest BCUT2D eigenvalue weighted by Gasteiger charge is 2.34. The molecule has 124 valence electrons. The number of anilines is 2. The van der Waals surface area contributed by atoms with Crippen LogP contribution in [0, 0.1) is 17.0 Å². The first-order valence-electron chi connectivity index (χ1n) is 7.41. The Morgan fingerprint density at radius 3 is 2.92 bits per heavy atom. The van der Waals surface area contributed by atoms with Crippen LogP contribution in [0.5, 0.6) is 0 Å². The van der Waals surface area contributed by atoms with Crippen LogP contribution in [-0.2, 0) is 4.79 Å². The maximum atomic E-state index is 12.6. The summed E-state index contributed by atoms with van der Waals surface area (Å²) in [6, 6.07) is 8.06. The highest BCUT2D eigenvalue weighted by molar-refractivity contribution is 9.10. The average molecular weight is 391 g/mol. The predicted molar refractivity (Wildman–Crippen MR) is 94.2 cm³/mol. The van der Waals surface area contributed by atoms with Crippen molar-refractivity contribution in [3.05, 3.63) is 56.7 Å². The summed E-state index contributed by atoms with van der Waals surface area (Å²) in [5, 5.41) is 14.0. The number of hydrogen-bond donors (Lipinski definition) is 1. The van der Waals surface area contributed by atoms with Gasteiger partial charge in [0.2, 0.25) is 11.7 Å². The van der Waals surface area contributed by atoms with E-state index in [1.165, 1.54) is 18.3 Å². The number of carbonyl (C=O) groups is 1. The third kappa shape index (κ3) is 3.09. The van der Waals surface area contributed by atoms with Crippen molar-refractivity contribution in [3.8, 4) is 0 Å². The minimum Gasteiger partial charge on any atom is -0.353 e. The fourth-order valence-electron chi connectivity index (χ4n) is 2.69. The first kappa shape index (κ1) is 16.4. The maximum absolute atomic E-state index is 12.6. The molecule has 2 heterocycles. The molecule has 24 heavy (non-hydrogen) atoms. The summed E-state index contributed by atoms with van der Waals surface area (Å²) in [5.74, 6) is 0.00589. The highest BCUT2D eigenvalue weighted by Crippen LogP contribution is 2.29. The molecule has 8 heteroatoms. The van der Waals surface area contributed by atoms with E-state index in [4.69, 9.17) is 0 Å². The predicted octanol–water partition coefficient (Wildman–Crippen LogP) is 3.28. The van der Waals surface area contributed by atoms with Crippen LogP contribution in [0.2, 0.25) is 0 Å². The van der Waals surface area contributed by atoms with Gasteiger partial charge >= 0.3 is 5.69 Å². The molecule has 1 aromatic carbocycles. The van der Waals surface area contributed by atoms with Gasteiger partial charge in [-0.15, -0.1) is 0 Å². The first-order valence-corrected chi connectivity index (χ1v) is 8.20. The van der Waals surface area contributed by atoms with E-state index in [-0.39, 0.29) is 17.4 Å². The molecule has 1 fully saturated rings. The molecule has 1 saturated heterocycles. The van der Waals surface area contributed by atoms with Gasteiger partial charge in [0, 0.05) is 29.0 Å². The summed E-state index contributed by atoms with van der Waals surface area (Å²) < 4.78 is 0.983. The van der Waals surface area contributed by atoms with Gasteiger partial charge in [0.05, 0.1) is 4.92 Å². The largest absolute Gasteiger partial charge is 0.353 e. The van der Waals surface area contributed by atoms with Crippen molar-refractivity contribution in [1.82, 2.24) is 4.98 Å². The third-order valence-corrected chi connectivity index (χ3v) is 4.84. The number of carbonyl (C=O) groups excluding carboxylic acids is 1. The van der Waals surface area contributed by atoms with Crippen molar-refractivity contribution in [2.24, 2.45) is 0 Å². The number of benzene rings is 1. The van der Waals surface area contributed by atoms with Crippen LogP contribution in [-0.4, -0.2) is 28.4 Å². The molecule has 0 radical (unpaired) electrons. The summed E-state index contributed by atoms with van der Waals surface area (Å²) in [5.41, 5.74) is 1.72. The van der Waals surface area contributed by atoms with Gasteiger partial charge in [-0.2, -0.15) is 0 Å². The Morgan fingerprint density at radius 2 is 2.21 bits per heavy atom. The molecular formula is C16H15BrN4O3. The number of nitrogens with zero attached hydrogens (tertiary/aromatic N) is 3. The lowest BCUT2D eigenvalue weighted by atomic mass is 10.2. The molecule has 1 N–H and O–H groups in total. The second-order valence-corrected chi connectivity index (χ2v) is 6.39. The van der Waals surface area contributed by atoms with E-state index in [2.05, 4.69) is 26.2 Å². The molecule has 2 aromatic rings. The molecule has 3 rings (SSSR count). The zero-order valence-corrected chi connectivity index (χ0v) is 14.5. The highest BCUT2D eigenvalue weighted by atomic mass is 79.9. The molecule has 0 saturated carbocycles. The Labute approximate surface area is 147 Å². The summed E-state index contributed by atoms with van der Waals surface area (Å²) in [6.07, 6.45) is 2.02. The molecule has 1 aliphatic heterocycles. The first-order chi connectivity index (χ1) is 11.5. The molecular weight excluding hydrogens is 376 g/mol. The summed E-state index contributed by atoms with van der Waals surface area (Å²) in [6.45, 7) is 2.51. The van der Waals surface area contributed by atoms with E-state index in [1.54, 1.807) is 4.90 Å². The van der Waals surface area contributed by atoms with E-state index in [0.717, 1.165) is 15.7 Å². The minimum absolute atomic E-state index is 0.114. The molecule has 1 unspecified atom stereocenters. The molecule has 1 aromatic heterocycles. The Hall–Kier alpha value is -2.48. The monoisotopic (exact) mass is 390 g/mol. The van der Waals surface area contributed by atoms with Crippen molar-refractivity contribution in [2.75, 3.05) is 16.8 Å². The summed E-state index contributed by atoms with van der Waals surface area (Å²) in [7, 11) is 0. The zero-order valence-electron chi connectivity index (χ0n) is 12.9. The van der Waals surface area contributed by atoms with Crippen LogP contribution < -0.4 is 10.2 Å². The van der Waals surface area contributed by atoms with Gasteiger partial charge in [-0.05, 0) is 43.2 Å². The number of pyridine rings is 1. The van der Waals surface area contributed by atoms with Crippen molar-refractivity contribution >= 4 is 39.0 Å². The van der Waals surface area contributed by atoms with E-state index >= 15 is 0 Å². The van der Waals surface area contributed by atoms with Crippen LogP contribution in [0.15, 0.2) is 41.0 Å². The lowest BCUT2D eigenvalue weighted by Gasteiger charge is -2.18. The van der Waals surface area contributed by atoms with Crippen LogP contribution >= 0.6 is 15.9 Å². The second-order valence-electron chi connectivity index (χ2n) is 5.54. The standard InChI is InChI=1S/C16H15BrN4O3/c1-10-9-11(4-5-12(10)17)20-8-6-13(16(20)22)19-15-14(21(23)24)3-2-7-18-15/h2-5,7,9,13H,6,8H2,1H3,(H,18,19). The number of aromatic nitrogens is 1. The van der Waals surface area contributed by atoms with Crippen LogP contribution in [0.4, 0.5) is 17.2 Å². The van der Waals surface area contributed by atoms with Crippen molar-refractivity contribution in [1.29, 1.82) is 0 Å². The van der Waals surface area contributed by atoms with Crippen LogP contribution in [0.3, 0.4) is 0 Å². The Kier molecular flexibility index (Phi) is 4.48. The van der Waals surface area contributed by atoms with Gasteiger partial charge in [-0.3, -0.25) is 14.9 Å². The van der Waals surface area contributed by atoms with Crippen molar-refractivity contribution in [2.45, 2.75) is 19.4 Å². The van der Waals surface area contributed by atoms with E-state index < -0.39 is 11.0 Å². The molecule has 1 amide bonds. The van der Waals surface area contributed by atoms with Crippen LogP contribution in [0.1, 0.15) is 12.0 Å². The second kappa shape index (κ2) is 6.56. The molecule has 0 aliphatic carbocycles. The van der Waals surface area contributed by atoms with Crippen LogP contribution in [0.25, 0.3) is 0 Å². The van der Waals surface area contributed by atoms with Crippen molar-refractivity contribution < 1.29 is 9.72 Å².